The van der Waals surface area contributed by atoms with Gasteiger partial charge >= 0.3 is 11.8 Å². The van der Waals surface area contributed by atoms with Crippen LogP contribution in [0.3, 0.4) is 0 Å². The molecule has 1 N–H and O–H groups in total. The fourth-order valence-corrected chi connectivity index (χ4v) is 3.08. The van der Waals surface area contributed by atoms with Crippen LogP contribution in [0.5, 0.6) is 0 Å². The number of hydrogen-bond donors (Lipinski definition) is 1. The van der Waals surface area contributed by atoms with Gasteiger partial charge in [0.05, 0.1) is 6.61 Å². The molecule has 0 saturated carbocycles. The Morgan fingerprint density at radius 3 is 2.43 bits per heavy atom. The first-order valence-electron chi connectivity index (χ1n) is 8.38. The third-order valence-electron chi connectivity index (χ3n) is 4.49. The van der Waals surface area contributed by atoms with Crippen LogP contribution in [0.25, 0.3) is 0 Å². The molecule has 1 saturated heterocycles. The molecule has 0 bridgehead atoms. The lowest BCUT2D eigenvalue weighted by atomic mass is 9.90. The summed E-state index contributed by atoms with van der Waals surface area (Å²) in [5.74, 6) is -0.363. The van der Waals surface area contributed by atoms with E-state index in [4.69, 9.17) is 5.11 Å². The first-order chi connectivity index (χ1) is 11.2. The van der Waals surface area contributed by atoms with Crippen molar-refractivity contribution in [1.82, 2.24) is 9.80 Å². The predicted octanol–water partition coefficient (Wildman–Crippen LogP) is 1.31. The number of aliphatic hydroxyl groups excluding tert-OH is 1. The molecule has 1 aromatic carbocycles. The number of hydrogen-bond acceptors (Lipinski definition) is 3. The van der Waals surface area contributed by atoms with Crippen LogP contribution in [0, 0.1) is 5.92 Å². The number of benzene rings is 1. The molecule has 0 spiro atoms. The van der Waals surface area contributed by atoms with Crippen LogP contribution in [0.15, 0.2) is 30.3 Å². The van der Waals surface area contributed by atoms with Gasteiger partial charge in [0, 0.05) is 26.2 Å². The van der Waals surface area contributed by atoms with E-state index in [-0.39, 0.29) is 13.2 Å². The average Bonchev–Trinajstić information content (AvgIpc) is 2.60. The SMILES string of the molecule is CCN(CCO)C(=O)C(=O)N1CCC(Cc2ccccc2)CC1. The first-order valence-corrected chi connectivity index (χ1v) is 8.38. The molecule has 5 heteroatoms. The highest BCUT2D eigenvalue weighted by atomic mass is 16.3. The number of carbonyl (C=O) groups is 2. The average molecular weight is 318 g/mol. The number of likely N-dealkylation sites (tertiary alicyclic amines) is 1. The molecule has 1 aliphatic rings. The molecule has 0 aromatic heterocycles. The number of likely N-dealkylation sites (N-methyl/N-ethyl adjacent to an activating group) is 1. The van der Waals surface area contributed by atoms with Crippen molar-refractivity contribution < 1.29 is 14.7 Å². The van der Waals surface area contributed by atoms with Crippen molar-refractivity contribution in [1.29, 1.82) is 0 Å². The van der Waals surface area contributed by atoms with Gasteiger partial charge in [0.15, 0.2) is 0 Å². The molecule has 5 nitrogen and oxygen atoms in total. The van der Waals surface area contributed by atoms with E-state index in [1.807, 2.05) is 25.1 Å². The van der Waals surface area contributed by atoms with E-state index in [0.29, 0.717) is 25.6 Å². The standard InChI is InChI=1S/C18H26N2O3/c1-2-19(12-13-21)17(22)18(23)20-10-8-16(9-11-20)14-15-6-4-3-5-7-15/h3-7,16,21H,2,8-14H2,1H3. The zero-order valence-corrected chi connectivity index (χ0v) is 13.8. The lowest BCUT2D eigenvalue weighted by molar-refractivity contribution is -0.152. The molecule has 2 amide bonds. The van der Waals surface area contributed by atoms with Crippen molar-refractivity contribution >= 4 is 11.8 Å². The maximum absolute atomic E-state index is 12.3. The fraction of sp³-hybridized carbons (Fsp3) is 0.556. The molecule has 23 heavy (non-hydrogen) atoms. The Labute approximate surface area is 137 Å². The normalized spacial score (nSPS) is 15.5. The highest BCUT2D eigenvalue weighted by Gasteiger charge is 2.29. The number of rotatable bonds is 5. The lowest BCUT2D eigenvalue weighted by Gasteiger charge is -2.33. The molecule has 1 aliphatic heterocycles. The molecule has 1 heterocycles. The molecule has 0 aliphatic carbocycles. The molecular formula is C18H26N2O3. The lowest BCUT2D eigenvalue weighted by Crippen LogP contribution is -2.48. The second-order valence-electron chi connectivity index (χ2n) is 6.03. The molecule has 1 fully saturated rings. The third kappa shape index (κ3) is 4.79. The number of amides is 2. The Morgan fingerprint density at radius 1 is 1.22 bits per heavy atom. The van der Waals surface area contributed by atoms with E-state index in [1.165, 1.54) is 10.5 Å². The van der Waals surface area contributed by atoms with Crippen LogP contribution < -0.4 is 0 Å². The van der Waals surface area contributed by atoms with Gasteiger partial charge in [-0.25, -0.2) is 0 Å². The highest BCUT2D eigenvalue weighted by molar-refractivity contribution is 6.34. The van der Waals surface area contributed by atoms with Crippen molar-refractivity contribution in [2.75, 3.05) is 32.8 Å². The zero-order valence-electron chi connectivity index (χ0n) is 13.8. The van der Waals surface area contributed by atoms with Gasteiger partial charge in [-0.15, -0.1) is 0 Å². The van der Waals surface area contributed by atoms with Crippen molar-refractivity contribution in [3.8, 4) is 0 Å². The summed E-state index contributed by atoms with van der Waals surface area (Å²) >= 11 is 0. The van der Waals surface area contributed by atoms with Gasteiger partial charge in [0.2, 0.25) is 0 Å². The second-order valence-corrected chi connectivity index (χ2v) is 6.03. The fourth-order valence-electron chi connectivity index (χ4n) is 3.08. The minimum atomic E-state index is -0.497. The summed E-state index contributed by atoms with van der Waals surface area (Å²) in [5.41, 5.74) is 1.33. The van der Waals surface area contributed by atoms with Gasteiger partial charge in [-0.2, -0.15) is 0 Å². The van der Waals surface area contributed by atoms with Crippen LogP contribution in [-0.2, 0) is 16.0 Å². The van der Waals surface area contributed by atoms with Gasteiger partial charge in [0.25, 0.3) is 0 Å². The Kier molecular flexibility index (Phi) is 6.59. The van der Waals surface area contributed by atoms with E-state index < -0.39 is 11.8 Å². The maximum Gasteiger partial charge on any atom is 0.312 e. The zero-order chi connectivity index (χ0) is 16.7. The van der Waals surface area contributed by atoms with Gasteiger partial charge in [0.1, 0.15) is 0 Å². The Hall–Kier alpha value is -1.88. The van der Waals surface area contributed by atoms with E-state index in [9.17, 15) is 9.59 Å². The number of piperidine rings is 1. The van der Waals surface area contributed by atoms with Gasteiger partial charge in [-0.1, -0.05) is 30.3 Å². The van der Waals surface area contributed by atoms with Crippen molar-refractivity contribution in [2.45, 2.75) is 26.2 Å². The Bertz CT molecular complexity index is 510. The van der Waals surface area contributed by atoms with Gasteiger partial charge in [-0.3, -0.25) is 9.59 Å². The van der Waals surface area contributed by atoms with Crippen LogP contribution in [-0.4, -0.2) is 59.5 Å². The molecular weight excluding hydrogens is 292 g/mol. The van der Waals surface area contributed by atoms with Gasteiger partial charge in [-0.05, 0) is 37.7 Å². The van der Waals surface area contributed by atoms with Crippen molar-refractivity contribution in [3.05, 3.63) is 35.9 Å². The summed E-state index contributed by atoms with van der Waals surface area (Å²) in [5, 5.41) is 8.96. The molecule has 0 unspecified atom stereocenters. The van der Waals surface area contributed by atoms with Crippen LogP contribution in [0.4, 0.5) is 0 Å². The van der Waals surface area contributed by atoms with Crippen molar-refractivity contribution in [3.63, 3.8) is 0 Å². The molecule has 126 valence electrons. The van der Waals surface area contributed by atoms with Crippen molar-refractivity contribution in [2.24, 2.45) is 5.92 Å². The summed E-state index contributed by atoms with van der Waals surface area (Å²) in [6.45, 7) is 3.62. The smallest absolute Gasteiger partial charge is 0.312 e. The van der Waals surface area contributed by atoms with Crippen LogP contribution >= 0.6 is 0 Å². The molecule has 1 aromatic rings. The second kappa shape index (κ2) is 8.67. The summed E-state index contributed by atoms with van der Waals surface area (Å²) in [4.78, 5) is 27.5. The molecule has 2 rings (SSSR count). The van der Waals surface area contributed by atoms with Gasteiger partial charge < -0.3 is 14.9 Å². The summed E-state index contributed by atoms with van der Waals surface area (Å²) in [6, 6.07) is 10.4. The molecule has 0 atom stereocenters. The van der Waals surface area contributed by atoms with Crippen LogP contribution in [0.2, 0.25) is 0 Å². The summed E-state index contributed by atoms with van der Waals surface area (Å²) < 4.78 is 0. The monoisotopic (exact) mass is 318 g/mol. The number of aliphatic hydroxyl groups is 1. The van der Waals surface area contributed by atoms with Crippen LogP contribution in [0.1, 0.15) is 25.3 Å². The Morgan fingerprint density at radius 2 is 1.87 bits per heavy atom. The highest BCUT2D eigenvalue weighted by Crippen LogP contribution is 2.21. The summed E-state index contributed by atoms with van der Waals surface area (Å²) in [7, 11) is 0. The quantitative estimate of drug-likeness (QED) is 0.833. The topological polar surface area (TPSA) is 60.9 Å². The van der Waals surface area contributed by atoms with E-state index in [1.54, 1.807) is 4.90 Å². The predicted molar refractivity (Wildman–Crippen MR) is 88.8 cm³/mol. The third-order valence-corrected chi connectivity index (χ3v) is 4.49. The molecule has 0 radical (unpaired) electrons. The maximum atomic E-state index is 12.3. The first kappa shape index (κ1) is 17.5. The van der Waals surface area contributed by atoms with E-state index in [0.717, 1.165) is 19.3 Å². The number of nitrogens with zero attached hydrogens (tertiary/aromatic N) is 2. The van der Waals surface area contributed by atoms with E-state index in [2.05, 4.69) is 12.1 Å². The minimum absolute atomic E-state index is 0.119. The minimum Gasteiger partial charge on any atom is -0.395 e. The Balaban J connectivity index is 1.83. The number of carbonyl (C=O) groups excluding carboxylic acids is 2. The van der Waals surface area contributed by atoms with E-state index >= 15 is 0 Å². The summed E-state index contributed by atoms with van der Waals surface area (Å²) in [6.07, 6.45) is 2.89. The largest absolute Gasteiger partial charge is 0.395 e.